The zero-order valence-corrected chi connectivity index (χ0v) is 15.1. The van der Waals surface area contributed by atoms with Crippen molar-refractivity contribution in [2.24, 2.45) is 0 Å². The summed E-state index contributed by atoms with van der Waals surface area (Å²) in [7, 11) is 1.77. The van der Waals surface area contributed by atoms with Crippen molar-refractivity contribution in [1.29, 1.82) is 0 Å². The quantitative estimate of drug-likeness (QED) is 0.572. The van der Waals surface area contributed by atoms with Gasteiger partial charge in [-0.25, -0.2) is 0 Å². The monoisotopic (exact) mass is 330 g/mol. The van der Waals surface area contributed by atoms with Gasteiger partial charge in [0.25, 0.3) is 0 Å². The van der Waals surface area contributed by atoms with Crippen LogP contribution in [-0.2, 0) is 4.74 Å². The maximum Gasteiger partial charge on any atom is 0.186 e. The van der Waals surface area contributed by atoms with Crippen molar-refractivity contribution in [1.82, 2.24) is 0 Å². The fraction of sp³-hybridized carbons (Fsp3) is 0.316. The van der Waals surface area contributed by atoms with Crippen LogP contribution in [0, 0.1) is 20.8 Å². The van der Waals surface area contributed by atoms with Crippen molar-refractivity contribution in [2.75, 3.05) is 20.3 Å². The summed E-state index contributed by atoms with van der Waals surface area (Å²) in [6.07, 6.45) is 0. The van der Waals surface area contributed by atoms with E-state index < -0.39 is 0 Å². The topological polar surface area (TPSA) is 35.5 Å². The van der Waals surface area contributed by atoms with E-state index >= 15 is 0 Å². The Hall–Kier alpha value is -1.70. The van der Waals surface area contributed by atoms with Crippen LogP contribution < -0.4 is 10.0 Å². The molecule has 0 aliphatic carbocycles. The molecule has 1 atom stereocenters. The van der Waals surface area contributed by atoms with Gasteiger partial charge in [0.1, 0.15) is 12.4 Å². The summed E-state index contributed by atoms with van der Waals surface area (Å²) in [6, 6.07) is 11.9. The minimum Gasteiger partial charge on any atom is -0.491 e. The fourth-order valence-electron chi connectivity index (χ4n) is 2.61. The molecule has 3 nitrogen and oxygen atoms in total. The minimum absolute atomic E-state index is 0.125. The average Bonchev–Trinajstić information content (AvgIpc) is 2.48. The van der Waals surface area contributed by atoms with E-state index in [-0.39, 0.29) is 14.1 Å². The van der Waals surface area contributed by atoms with E-state index in [2.05, 4.69) is 19.1 Å². The summed E-state index contributed by atoms with van der Waals surface area (Å²) in [5.41, 5.74) is 4.35. The highest BCUT2D eigenvalue weighted by molar-refractivity contribution is 7.66. The van der Waals surface area contributed by atoms with E-state index in [0.717, 1.165) is 27.7 Å². The van der Waals surface area contributed by atoms with Crippen molar-refractivity contribution in [3.05, 3.63) is 58.7 Å². The van der Waals surface area contributed by atoms with Crippen molar-refractivity contribution >= 4 is 19.4 Å². The summed E-state index contributed by atoms with van der Waals surface area (Å²) in [5, 5.41) is 1.02. The molecule has 0 saturated carbocycles. The second-order valence-electron chi connectivity index (χ2n) is 5.59. The normalized spacial score (nSPS) is 11.1. The molecule has 0 amide bonds. The number of aryl methyl sites for hydroxylation is 3. The molecule has 0 fully saturated rings. The number of hydrogen-bond acceptors (Lipinski definition) is 3. The standard InChI is InChI=1S/C19H23O3P/c1-13-11-14(2)18(15(3)12-13)19(20)23-17-7-5-16(6-8-17)22-10-9-21-4/h5-8,11-12,23H,9-10H2,1-4H3. The number of benzene rings is 2. The summed E-state index contributed by atoms with van der Waals surface area (Å²) in [4.78, 5) is 12.6. The molecule has 2 rings (SSSR count). The van der Waals surface area contributed by atoms with Gasteiger partial charge in [0.05, 0.1) is 6.61 Å². The largest absolute Gasteiger partial charge is 0.491 e. The van der Waals surface area contributed by atoms with Gasteiger partial charge < -0.3 is 9.47 Å². The maximum absolute atomic E-state index is 12.6. The number of carbonyl (C=O) groups is 1. The van der Waals surface area contributed by atoms with Crippen LogP contribution in [0.3, 0.4) is 0 Å². The van der Waals surface area contributed by atoms with E-state index in [4.69, 9.17) is 9.47 Å². The van der Waals surface area contributed by atoms with Crippen molar-refractivity contribution in [2.45, 2.75) is 20.8 Å². The van der Waals surface area contributed by atoms with Gasteiger partial charge in [-0.15, -0.1) is 0 Å². The number of methoxy groups -OCH3 is 1. The van der Waals surface area contributed by atoms with Crippen LogP contribution in [0.15, 0.2) is 36.4 Å². The Morgan fingerprint density at radius 2 is 1.61 bits per heavy atom. The Labute approximate surface area is 139 Å². The molecule has 0 spiro atoms. The van der Waals surface area contributed by atoms with Gasteiger partial charge in [-0.3, -0.25) is 4.79 Å². The molecule has 2 aromatic rings. The Morgan fingerprint density at radius 3 is 2.17 bits per heavy atom. The molecule has 2 aromatic carbocycles. The Balaban J connectivity index is 2.06. The molecule has 0 bridgehead atoms. The second kappa shape index (κ2) is 8.24. The third kappa shape index (κ3) is 4.89. The summed E-state index contributed by atoms with van der Waals surface area (Å²) >= 11 is 0. The maximum atomic E-state index is 12.6. The van der Waals surface area contributed by atoms with Crippen molar-refractivity contribution in [3.63, 3.8) is 0 Å². The average molecular weight is 330 g/mol. The van der Waals surface area contributed by atoms with Gasteiger partial charge in [-0.2, -0.15) is 0 Å². The predicted molar refractivity (Wildman–Crippen MR) is 96.7 cm³/mol. The van der Waals surface area contributed by atoms with E-state index in [1.54, 1.807) is 7.11 Å². The number of ether oxygens (including phenoxy) is 2. The zero-order chi connectivity index (χ0) is 16.8. The molecule has 4 heteroatoms. The lowest BCUT2D eigenvalue weighted by molar-refractivity contribution is 0.108. The van der Waals surface area contributed by atoms with Crippen LogP contribution >= 0.6 is 8.58 Å². The summed E-state index contributed by atoms with van der Waals surface area (Å²) < 4.78 is 10.5. The highest BCUT2D eigenvalue weighted by atomic mass is 31.1. The molecule has 0 aliphatic rings. The molecular formula is C19H23O3P. The first-order valence-corrected chi connectivity index (χ1v) is 8.62. The lowest BCUT2D eigenvalue weighted by Crippen LogP contribution is -2.07. The highest BCUT2D eigenvalue weighted by Gasteiger charge is 2.13. The second-order valence-corrected chi connectivity index (χ2v) is 6.87. The number of rotatable bonds is 7. The van der Waals surface area contributed by atoms with Crippen LogP contribution in [0.1, 0.15) is 27.0 Å². The smallest absolute Gasteiger partial charge is 0.186 e. The Bertz CT molecular complexity index is 655. The SMILES string of the molecule is COCCOc1ccc(PC(=O)c2c(C)cc(C)cc2C)cc1. The van der Waals surface area contributed by atoms with Crippen molar-refractivity contribution in [3.8, 4) is 5.75 Å². The lowest BCUT2D eigenvalue weighted by atomic mass is 10.0. The van der Waals surface area contributed by atoms with Crippen LogP contribution in [0.4, 0.5) is 0 Å². The molecule has 1 unspecified atom stereocenters. The first kappa shape index (κ1) is 17.7. The number of hydrogen-bond donors (Lipinski definition) is 0. The van der Waals surface area contributed by atoms with Gasteiger partial charge in [-0.05, 0) is 57.9 Å². The van der Waals surface area contributed by atoms with Gasteiger partial charge in [0.15, 0.2) is 5.52 Å². The Morgan fingerprint density at radius 1 is 1.00 bits per heavy atom. The van der Waals surface area contributed by atoms with Gasteiger partial charge in [0, 0.05) is 12.7 Å². The van der Waals surface area contributed by atoms with E-state index in [0.29, 0.717) is 13.2 Å². The van der Waals surface area contributed by atoms with Crippen LogP contribution in [0.25, 0.3) is 0 Å². The Kier molecular flexibility index (Phi) is 6.32. The molecule has 0 heterocycles. The lowest BCUT2D eigenvalue weighted by Gasteiger charge is -2.11. The molecule has 23 heavy (non-hydrogen) atoms. The molecule has 0 saturated heterocycles. The van der Waals surface area contributed by atoms with Crippen LogP contribution in [0.2, 0.25) is 0 Å². The summed E-state index contributed by atoms with van der Waals surface area (Å²) in [5.74, 6) is 0.797. The third-order valence-electron chi connectivity index (χ3n) is 3.57. The minimum atomic E-state index is 0.125. The van der Waals surface area contributed by atoms with E-state index in [1.807, 2.05) is 38.1 Å². The van der Waals surface area contributed by atoms with Crippen LogP contribution in [0.5, 0.6) is 5.75 Å². The molecular weight excluding hydrogens is 307 g/mol. The summed E-state index contributed by atoms with van der Waals surface area (Å²) in [6.45, 7) is 7.15. The molecule has 0 N–H and O–H groups in total. The third-order valence-corrected chi connectivity index (χ3v) is 4.67. The van der Waals surface area contributed by atoms with Gasteiger partial charge in [0.2, 0.25) is 0 Å². The van der Waals surface area contributed by atoms with E-state index in [9.17, 15) is 4.79 Å². The van der Waals surface area contributed by atoms with Crippen LogP contribution in [-0.4, -0.2) is 25.8 Å². The highest BCUT2D eigenvalue weighted by Crippen LogP contribution is 2.25. The predicted octanol–water partition coefficient (Wildman–Crippen LogP) is 3.78. The first-order chi connectivity index (χ1) is 11.0. The number of carbonyl (C=O) groups excluding carboxylic acids is 1. The zero-order valence-electron chi connectivity index (χ0n) is 14.1. The molecule has 0 aromatic heterocycles. The first-order valence-electron chi connectivity index (χ1n) is 7.62. The van der Waals surface area contributed by atoms with E-state index in [1.165, 1.54) is 5.56 Å². The molecule has 0 radical (unpaired) electrons. The fourth-order valence-corrected chi connectivity index (χ4v) is 3.72. The van der Waals surface area contributed by atoms with Gasteiger partial charge in [-0.1, -0.05) is 29.8 Å². The molecule has 0 aliphatic heterocycles. The molecule has 122 valence electrons. The van der Waals surface area contributed by atoms with Crippen molar-refractivity contribution < 1.29 is 14.3 Å². The van der Waals surface area contributed by atoms with Gasteiger partial charge >= 0.3 is 0 Å².